The lowest BCUT2D eigenvalue weighted by Crippen LogP contribution is -2.31. The minimum absolute atomic E-state index is 0.310. The number of nitrogens with one attached hydrogen (secondary N) is 1. The molecule has 6 nitrogen and oxygen atoms in total. The molecule has 0 radical (unpaired) electrons. The van der Waals surface area contributed by atoms with Gasteiger partial charge in [0.15, 0.2) is 0 Å². The second kappa shape index (κ2) is 16.1. The third-order valence-electron chi connectivity index (χ3n) is 5.54. The first-order chi connectivity index (χ1) is 16.6. The van der Waals surface area contributed by atoms with E-state index < -0.39 is 0 Å². The lowest BCUT2D eigenvalue weighted by atomic mass is 9.84. The summed E-state index contributed by atoms with van der Waals surface area (Å²) < 4.78 is 16.4. The van der Waals surface area contributed by atoms with Crippen LogP contribution < -0.4 is 11.1 Å². The summed E-state index contributed by atoms with van der Waals surface area (Å²) >= 11 is 6.58. The fourth-order valence-corrected chi connectivity index (χ4v) is 4.41. The van der Waals surface area contributed by atoms with E-state index in [0.29, 0.717) is 52.1 Å². The molecule has 0 aliphatic carbocycles. The number of ether oxygens (including phenoxy) is 3. The van der Waals surface area contributed by atoms with Crippen molar-refractivity contribution < 1.29 is 14.2 Å². The normalized spacial score (nSPS) is 15.4. The number of rotatable bonds is 13. The summed E-state index contributed by atoms with van der Waals surface area (Å²) in [6.07, 6.45) is 0. The van der Waals surface area contributed by atoms with Crippen LogP contribution in [0, 0.1) is 6.92 Å². The van der Waals surface area contributed by atoms with Crippen LogP contribution in [0.25, 0.3) is 0 Å². The van der Waals surface area contributed by atoms with E-state index in [4.69, 9.17) is 31.5 Å². The molecule has 7 heteroatoms. The number of benzene rings is 2. The number of nitrogens with two attached hydrogens (primary N) is 1. The summed E-state index contributed by atoms with van der Waals surface area (Å²) in [6.45, 7) is 12.8. The second-order valence-electron chi connectivity index (χ2n) is 8.24. The lowest BCUT2D eigenvalue weighted by Gasteiger charge is -2.33. The number of aryl methyl sites for hydroxylation is 1. The highest BCUT2D eigenvalue weighted by atomic mass is 35.5. The number of likely N-dealkylation sites (N-methyl/N-ethyl adjacent to an activating group) is 1. The van der Waals surface area contributed by atoms with E-state index >= 15 is 0 Å². The SMILES string of the molecule is CC.Cc1cc(Cl)c2c(c1)C(c1cccc(NCCOCCOCCOCCN)c1)CN(C)C2. The molecule has 1 aliphatic heterocycles. The van der Waals surface area contributed by atoms with Crippen LogP contribution in [0.15, 0.2) is 36.4 Å². The standard InChI is InChI=1S/C25H36ClN3O3.C2H6/c1-19-14-22-23(17-29(2)18-24(22)25(26)15-19)20-4-3-5-21(16-20)28-7-9-31-11-13-32-12-10-30-8-6-27;1-2/h3-5,14-16,23,28H,6-13,17-18,27H2,1-2H3;1-2H3. The van der Waals surface area contributed by atoms with E-state index in [-0.39, 0.29) is 0 Å². The van der Waals surface area contributed by atoms with Gasteiger partial charge in [-0.3, -0.25) is 0 Å². The molecule has 0 saturated heterocycles. The Bertz CT molecular complexity index is 850. The molecule has 0 aromatic heterocycles. The van der Waals surface area contributed by atoms with Crippen LogP contribution in [0.1, 0.15) is 42.0 Å². The van der Waals surface area contributed by atoms with Crippen LogP contribution in [0.3, 0.4) is 0 Å². The molecule has 190 valence electrons. The Morgan fingerprint density at radius 3 is 2.38 bits per heavy atom. The van der Waals surface area contributed by atoms with Crippen molar-refractivity contribution in [2.75, 3.05) is 71.6 Å². The molecule has 0 bridgehead atoms. The molecule has 1 heterocycles. The molecule has 0 spiro atoms. The molecule has 0 saturated carbocycles. The van der Waals surface area contributed by atoms with E-state index in [1.54, 1.807) is 0 Å². The molecule has 3 N–H and O–H groups in total. The van der Waals surface area contributed by atoms with Gasteiger partial charge in [-0.2, -0.15) is 0 Å². The zero-order valence-corrected chi connectivity index (χ0v) is 22.0. The average Bonchev–Trinajstić information content (AvgIpc) is 2.84. The Morgan fingerprint density at radius 2 is 1.68 bits per heavy atom. The zero-order valence-electron chi connectivity index (χ0n) is 21.2. The van der Waals surface area contributed by atoms with Crippen LogP contribution in [0.2, 0.25) is 5.02 Å². The summed E-state index contributed by atoms with van der Waals surface area (Å²) in [7, 11) is 2.16. The molecule has 1 unspecified atom stereocenters. The molecule has 3 rings (SSSR count). The average molecular weight is 492 g/mol. The minimum atomic E-state index is 0.310. The largest absolute Gasteiger partial charge is 0.383 e. The maximum atomic E-state index is 6.58. The fraction of sp³-hybridized carbons (Fsp3) is 0.556. The van der Waals surface area contributed by atoms with E-state index in [0.717, 1.165) is 30.3 Å². The molecule has 2 aromatic carbocycles. The first kappa shape index (κ1) is 28.6. The van der Waals surface area contributed by atoms with Gasteiger partial charge in [0.25, 0.3) is 0 Å². The number of hydrogen-bond donors (Lipinski definition) is 2. The van der Waals surface area contributed by atoms with Crippen molar-refractivity contribution in [2.24, 2.45) is 5.73 Å². The van der Waals surface area contributed by atoms with E-state index in [1.165, 1.54) is 22.3 Å². The molecule has 1 aliphatic rings. The maximum absolute atomic E-state index is 6.58. The summed E-state index contributed by atoms with van der Waals surface area (Å²) in [5, 5.41) is 4.34. The third-order valence-corrected chi connectivity index (χ3v) is 5.88. The smallest absolute Gasteiger partial charge is 0.0701 e. The zero-order chi connectivity index (χ0) is 24.8. The predicted molar refractivity (Wildman–Crippen MR) is 142 cm³/mol. The van der Waals surface area contributed by atoms with Crippen molar-refractivity contribution in [1.82, 2.24) is 4.90 Å². The van der Waals surface area contributed by atoms with Gasteiger partial charge >= 0.3 is 0 Å². The molecule has 0 fully saturated rings. The van der Waals surface area contributed by atoms with Crippen LogP contribution in [-0.4, -0.2) is 71.2 Å². The van der Waals surface area contributed by atoms with Gasteiger partial charge in [-0.05, 0) is 54.4 Å². The highest BCUT2D eigenvalue weighted by Crippen LogP contribution is 2.37. The molecular formula is C27H42ClN3O3. The first-order valence-corrected chi connectivity index (χ1v) is 12.7. The minimum Gasteiger partial charge on any atom is -0.383 e. The molecule has 2 aromatic rings. The number of nitrogens with zero attached hydrogens (tertiary/aromatic N) is 1. The van der Waals surface area contributed by atoms with Gasteiger partial charge in [0.2, 0.25) is 0 Å². The van der Waals surface area contributed by atoms with E-state index in [9.17, 15) is 0 Å². The van der Waals surface area contributed by atoms with Gasteiger partial charge in [0.05, 0.1) is 39.6 Å². The van der Waals surface area contributed by atoms with Crippen LogP contribution in [0.4, 0.5) is 5.69 Å². The Balaban J connectivity index is 0.00000199. The van der Waals surface area contributed by atoms with Gasteiger partial charge < -0.3 is 30.2 Å². The van der Waals surface area contributed by atoms with Gasteiger partial charge in [0, 0.05) is 42.8 Å². The molecule has 34 heavy (non-hydrogen) atoms. The highest BCUT2D eigenvalue weighted by molar-refractivity contribution is 6.31. The van der Waals surface area contributed by atoms with Crippen molar-refractivity contribution in [3.63, 3.8) is 0 Å². The molecule has 1 atom stereocenters. The molecular weight excluding hydrogens is 450 g/mol. The summed E-state index contributed by atoms with van der Waals surface area (Å²) in [4.78, 5) is 2.34. The summed E-state index contributed by atoms with van der Waals surface area (Å²) in [6, 6.07) is 13.0. The lowest BCUT2D eigenvalue weighted by molar-refractivity contribution is 0.0179. The third kappa shape index (κ3) is 9.17. The van der Waals surface area contributed by atoms with Crippen LogP contribution in [0.5, 0.6) is 0 Å². The van der Waals surface area contributed by atoms with Gasteiger partial charge in [-0.15, -0.1) is 0 Å². The van der Waals surface area contributed by atoms with Crippen LogP contribution in [-0.2, 0) is 20.8 Å². The second-order valence-corrected chi connectivity index (χ2v) is 8.65. The Kier molecular flexibility index (Phi) is 13.5. The van der Waals surface area contributed by atoms with E-state index in [1.807, 2.05) is 13.8 Å². The Labute approximate surface area is 210 Å². The monoisotopic (exact) mass is 491 g/mol. The fourth-order valence-electron chi connectivity index (χ4n) is 4.06. The first-order valence-electron chi connectivity index (χ1n) is 12.3. The number of halogens is 1. The van der Waals surface area contributed by atoms with Gasteiger partial charge in [0.1, 0.15) is 0 Å². The summed E-state index contributed by atoms with van der Waals surface area (Å²) in [5.74, 6) is 0.310. The number of fused-ring (bicyclic) bond motifs is 1. The number of anilines is 1. The van der Waals surface area contributed by atoms with Crippen molar-refractivity contribution in [2.45, 2.75) is 33.2 Å². The highest BCUT2D eigenvalue weighted by Gasteiger charge is 2.26. The van der Waals surface area contributed by atoms with Crippen molar-refractivity contribution in [3.8, 4) is 0 Å². The Hall–Kier alpha value is -1.67. The Morgan fingerprint density at radius 1 is 1.00 bits per heavy atom. The van der Waals surface area contributed by atoms with Gasteiger partial charge in [-0.25, -0.2) is 0 Å². The van der Waals surface area contributed by atoms with Crippen molar-refractivity contribution in [3.05, 3.63) is 63.7 Å². The molecule has 0 amide bonds. The van der Waals surface area contributed by atoms with Crippen molar-refractivity contribution in [1.29, 1.82) is 0 Å². The number of hydrogen-bond acceptors (Lipinski definition) is 6. The van der Waals surface area contributed by atoms with E-state index in [2.05, 4.69) is 60.6 Å². The quantitative estimate of drug-likeness (QED) is 0.397. The van der Waals surface area contributed by atoms with Crippen LogP contribution >= 0.6 is 11.6 Å². The van der Waals surface area contributed by atoms with Gasteiger partial charge in [-0.1, -0.05) is 43.6 Å². The summed E-state index contributed by atoms with van der Waals surface area (Å²) in [5.41, 5.74) is 11.6. The topological polar surface area (TPSA) is 69.0 Å². The predicted octanol–water partition coefficient (Wildman–Crippen LogP) is 4.67. The maximum Gasteiger partial charge on any atom is 0.0701 e. The van der Waals surface area contributed by atoms with Crippen molar-refractivity contribution >= 4 is 17.3 Å².